The molecule has 0 aliphatic carbocycles. The fourth-order valence-electron chi connectivity index (χ4n) is 6.07. The lowest BCUT2D eigenvalue weighted by Crippen LogP contribution is -2.57. The van der Waals surface area contributed by atoms with Crippen molar-refractivity contribution in [2.75, 3.05) is 46.5 Å². The first-order chi connectivity index (χ1) is 27.7. The summed E-state index contributed by atoms with van der Waals surface area (Å²) in [7, 11) is 1.37. The molecule has 0 heterocycles. The summed E-state index contributed by atoms with van der Waals surface area (Å²) in [5, 5.41) is 22.0. The first-order valence-corrected chi connectivity index (χ1v) is 21.8. The van der Waals surface area contributed by atoms with Gasteiger partial charge in [-0.1, -0.05) is 112 Å². The van der Waals surface area contributed by atoms with E-state index in [1.54, 1.807) is 6.92 Å². The van der Waals surface area contributed by atoms with Gasteiger partial charge in [-0.05, 0) is 38.5 Å². The lowest BCUT2D eigenvalue weighted by molar-refractivity contribution is -0.145. The molecule has 0 bridgehead atoms. The second-order valence-electron chi connectivity index (χ2n) is 15.5. The van der Waals surface area contributed by atoms with Gasteiger partial charge in [0.05, 0.1) is 32.3 Å². The van der Waals surface area contributed by atoms with Crippen molar-refractivity contribution in [3.63, 3.8) is 0 Å². The molecule has 6 N–H and O–H groups in total. The maximum absolute atomic E-state index is 13.3. The number of unbranched alkanes of at least 4 members (excludes halogenated alkanes) is 12. The topological polar surface area (TPSA) is 222 Å². The lowest BCUT2D eigenvalue weighted by atomic mass is 10.0. The summed E-state index contributed by atoms with van der Waals surface area (Å²) in [4.78, 5) is 90.3. The number of carbonyl (C=O) groups excluding carboxylic acids is 6. The number of carboxylic acids is 1. The van der Waals surface area contributed by atoms with Gasteiger partial charge in [0.25, 0.3) is 0 Å². The van der Waals surface area contributed by atoms with Crippen molar-refractivity contribution in [1.82, 2.24) is 31.5 Å². The van der Waals surface area contributed by atoms with Crippen molar-refractivity contribution >= 4 is 41.4 Å². The third-order valence-electron chi connectivity index (χ3n) is 9.61. The minimum atomic E-state index is -1.19. The van der Waals surface area contributed by atoms with E-state index in [0.29, 0.717) is 26.1 Å². The average molecular weight is 827 g/mol. The fourth-order valence-corrected chi connectivity index (χ4v) is 6.07. The summed E-state index contributed by atoms with van der Waals surface area (Å²) in [6.07, 6.45) is 15.7. The number of amides is 6. The van der Waals surface area contributed by atoms with Crippen LogP contribution >= 0.6 is 0 Å². The molecule has 16 nitrogen and oxygen atoms in total. The Morgan fingerprint density at radius 3 is 1.67 bits per heavy atom. The Bertz CT molecular complexity index is 1200. The van der Waals surface area contributed by atoms with E-state index in [4.69, 9.17) is 9.47 Å². The van der Waals surface area contributed by atoms with Crippen LogP contribution in [0.15, 0.2) is 0 Å². The van der Waals surface area contributed by atoms with Crippen LogP contribution in [0, 0.1) is 5.92 Å². The molecule has 4 atom stereocenters. The second-order valence-corrected chi connectivity index (χ2v) is 15.5. The standard InChI is InChI=1S/C42H78N6O10/c1-8-11-14-15-16-17-18-19-20-21-22-23-35(49)47-34(30-57-24-12-9-2)40(53)44-27-36(50)43-29-38(52)48(7)39(32(6)58-25-13-10-3)41(54)45-28-37(51)46-33(42(55)56)26-31(4)5/h31-34,39H,8-30H2,1-7H3,(H,43,50)(H,44,53)(H,45,54)(H,46,51)(H,47,49)(H,55,56)/t32?,33-,34+,39-/m0/s1. The summed E-state index contributed by atoms with van der Waals surface area (Å²) < 4.78 is 11.4. The molecule has 0 aliphatic heterocycles. The Morgan fingerprint density at radius 2 is 1.10 bits per heavy atom. The molecule has 6 amide bonds. The first-order valence-electron chi connectivity index (χ1n) is 21.8. The molecule has 58 heavy (non-hydrogen) atoms. The molecule has 0 aliphatic rings. The van der Waals surface area contributed by atoms with Crippen LogP contribution in [-0.4, -0.2) is 122 Å². The Morgan fingerprint density at radius 1 is 0.586 bits per heavy atom. The number of hydrogen-bond acceptors (Lipinski definition) is 9. The van der Waals surface area contributed by atoms with E-state index in [2.05, 4.69) is 33.5 Å². The lowest BCUT2D eigenvalue weighted by Gasteiger charge is -2.32. The average Bonchev–Trinajstić information content (AvgIpc) is 3.18. The fraction of sp³-hybridized carbons (Fsp3) is 0.833. The predicted molar refractivity (Wildman–Crippen MR) is 224 cm³/mol. The van der Waals surface area contributed by atoms with Crippen LogP contribution in [0.2, 0.25) is 0 Å². The van der Waals surface area contributed by atoms with Gasteiger partial charge < -0.3 is 46.1 Å². The molecule has 0 aromatic rings. The summed E-state index contributed by atoms with van der Waals surface area (Å²) in [5.41, 5.74) is 0. The minimum Gasteiger partial charge on any atom is -0.480 e. The number of carbonyl (C=O) groups is 7. The van der Waals surface area contributed by atoms with Crippen LogP contribution in [0.5, 0.6) is 0 Å². The van der Waals surface area contributed by atoms with Gasteiger partial charge in [-0.25, -0.2) is 4.79 Å². The highest BCUT2D eigenvalue weighted by Crippen LogP contribution is 2.13. The normalized spacial score (nSPS) is 13.2. The molecule has 0 rings (SSSR count). The third-order valence-corrected chi connectivity index (χ3v) is 9.61. The van der Waals surface area contributed by atoms with Gasteiger partial charge in [-0.15, -0.1) is 0 Å². The number of likely N-dealkylation sites (N-methyl/N-ethyl adjacent to an activating group) is 1. The van der Waals surface area contributed by atoms with Gasteiger partial charge >= 0.3 is 5.97 Å². The van der Waals surface area contributed by atoms with Crippen LogP contribution in [-0.2, 0) is 43.0 Å². The summed E-state index contributed by atoms with van der Waals surface area (Å²) in [5.74, 6) is -4.78. The SMILES string of the molecule is CCCCCCCCCCCCCC(=O)N[C@H](COCCCC)C(=O)NCC(=O)NCC(=O)N(C)[C@H](C(=O)NCC(=O)N[C@@H](CC(C)C)C(=O)O)C(C)OCCCC. The Kier molecular flexibility index (Phi) is 31.9. The van der Waals surface area contributed by atoms with Crippen molar-refractivity contribution in [2.24, 2.45) is 5.92 Å². The van der Waals surface area contributed by atoms with Crippen molar-refractivity contribution in [2.45, 2.75) is 175 Å². The number of aliphatic carboxylic acids is 1. The van der Waals surface area contributed by atoms with Gasteiger partial charge in [0.2, 0.25) is 35.4 Å². The highest BCUT2D eigenvalue weighted by Gasteiger charge is 2.33. The molecule has 0 radical (unpaired) electrons. The molecular formula is C42H78N6O10. The number of carboxylic acid groups (broad SMARTS) is 1. The molecule has 16 heteroatoms. The van der Waals surface area contributed by atoms with Gasteiger partial charge in [0, 0.05) is 26.7 Å². The number of ether oxygens (including phenoxy) is 2. The van der Waals surface area contributed by atoms with E-state index in [0.717, 1.165) is 43.4 Å². The van der Waals surface area contributed by atoms with Crippen LogP contribution in [0.4, 0.5) is 0 Å². The van der Waals surface area contributed by atoms with Gasteiger partial charge in [0.15, 0.2) is 0 Å². The molecule has 0 fully saturated rings. The van der Waals surface area contributed by atoms with Gasteiger partial charge in [-0.3, -0.25) is 28.8 Å². The van der Waals surface area contributed by atoms with Crippen molar-refractivity contribution in [1.29, 1.82) is 0 Å². The number of nitrogens with zero attached hydrogens (tertiary/aromatic N) is 1. The highest BCUT2D eigenvalue weighted by atomic mass is 16.5. The third kappa shape index (κ3) is 27.0. The minimum absolute atomic E-state index is 0.00576. The zero-order valence-corrected chi connectivity index (χ0v) is 36.7. The van der Waals surface area contributed by atoms with E-state index in [1.807, 2.05) is 27.7 Å². The summed E-state index contributed by atoms with van der Waals surface area (Å²) in [6.45, 7) is 10.6. The predicted octanol–water partition coefficient (Wildman–Crippen LogP) is 3.99. The second kappa shape index (κ2) is 34.1. The Balaban J connectivity index is 5.14. The molecule has 0 saturated carbocycles. The van der Waals surface area contributed by atoms with Crippen molar-refractivity contribution in [3.05, 3.63) is 0 Å². The maximum atomic E-state index is 13.3. The quantitative estimate of drug-likeness (QED) is 0.0499. The molecule has 0 spiro atoms. The van der Waals surface area contributed by atoms with E-state index >= 15 is 0 Å². The molecule has 1 unspecified atom stereocenters. The first kappa shape index (κ1) is 54.2. The zero-order chi connectivity index (χ0) is 43.7. The molecule has 0 saturated heterocycles. The molecule has 0 aromatic carbocycles. The van der Waals surface area contributed by atoms with E-state index in [1.165, 1.54) is 52.0 Å². The van der Waals surface area contributed by atoms with Crippen molar-refractivity contribution < 1.29 is 48.1 Å². The smallest absolute Gasteiger partial charge is 0.326 e. The maximum Gasteiger partial charge on any atom is 0.326 e. The van der Waals surface area contributed by atoms with E-state index < -0.39 is 79.4 Å². The van der Waals surface area contributed by atoms with Crippen LogP contribution in [0.1, 0.15) is 151 Å². The number of nitrogens with one attached hydrogen (secondary N) is 5. The summed E-state index contributed by atoms with van der Waals surface area (Å²) >= 11 is 0. The van der Waals surface area contributed by atoms with E-state index in [9.17, 15) is 38.7 Å². The van der Waals surface area contributed by atoms with Gasteiger partial charge in [-0.2, -0.15) is 0 Å². The monoisotopic (exact) mass is 827 g/mol. The van der Waals surface area contributed by atoms with Crippen LogP contribution in [0.25, 0.3) is 0 Å². The summed E-state index contributed by atoms with van der Waals surface area (Å²) in [6, 6.07) is -3.32. The Labute approximate surface area is 347 Å². The molecular weight excluding hydrogens is 748 g/mol. The largest absolute Gasteiger partial charge is 0.480 e. The van der Waals surface area contributed by atoms with Crippen LogP contribution in [0.3, 0.4) is 0 Å². The van der Waals surface area contributed by atoms with Crippen LogP contribution < -0.4 is 26.6 Å². The van der Waals surface area contributed by atoms with Crippen molar-refractivity contribution in [3.8, 4) is 0 Å². The zero-order valence-electron chi connectivity index (χ0n) is 36.7. The number of hydrogen-bond donors (Lipinski definition) is 6. The van der Waals surface area contributed by atoms with E-state index in [-0.39, 0.29) is 31.3 Å². The Hall–Kier alpha value is -3.79. The molecule has 0 aromatic heterocycles. The highest BCUT2D eigenvalue weighted by molar-refractivity contribution is 5.94. The molecule has 336 valence electrons. The number of rotatable bonds is 36. The van der Waals surface area contributed by atoms with Gasteiger partial charge in [0.1, 0.15) is 18.1 Å².